The molecule has 3 heteroatoms. The summed E-state index contributed by atoms with van der Waals surface area (Å²) in [7, 11) is 0. The molecule has 1 aliphatic heterocycles. The predicted octanol–water partition coefficient (Wildman–Crippen LogP) is 0.970. The first kappa shape index (κ1) is 12.0. The normalized spacial score (nSPS) is 21.4. The lowest BCUT2D eigenvalue weighted by Gasteiger charge is -2.40. The molecule has 0 bridgehead atoms. The molecule has 1 atom stereocenters. The highest BCUT2D eigenvalue weighted by atomic mass is 15.4. The Balaban J connectivity index is 2.49. The summed E-state index contributed by atoms with van der Waals surface area (Å²) >= 11 is 0. The van der Waals surface area contributed by atoms with E-state index in [1.54, 1.807) is 0 Å². The molecule has 1 fully saturated rings. The molecule has 1 unspecified atom stereocenters. The molecule has 1 aliphatic rings. The zero-order chi connectivity index (χ0) is 10.4. The Morgan fingerprint density at radius 1 is 1.14 bits per heavy atom. The first-order valence-electron chi connectivity index (χ1n) is 6.02. The summed E-state index contributed by atoms with van der Waals surface area (Å²) in [5.41, 5.74) is 0. The Labute approximate surface area is 88.5 Å². The lowest BCUT2D eigenvalue weighted by Crippen LogP contribution is -2.54. The van der Waals surface area contributed by atoms with E-state index < -0.39 is 0 Å². The Morgan fingerprint density at radius 3 is 2.14 bits per heavy atom. The van der Waals surface area contributed by atoms with Gasteiger partial charge in [0.1, 0.15) is 0 Å². The summed E-state index contributed by atoms with van der Waals surface area (Å²) in [5.74, 6) is 0. The average Bonchev–Trinajstić information content (AvgIpc) is 2.27. The number of hydrogen-bond acceptors (Lipinski definition) is 3. The van der Waals surface area contributed by atoms with E-state index in [-0.39, 0.29) is 0 Å². The minimum Gasteiger partial charge on any atom is -0.314 e. The summed E-state index contributed by atoms with van der Waals surface area (Å²) in [6.45, 7) is 13.9. The minimum absolute atomic E-state index is 0.659. The molecule has 14 heavy (non-hydrogen) atoms. The SMILES string of the molecule is CCC(N(CC)CC)N1CCNCC1. The van der Waals surface area contributed by atoms with Gasteiger partial charge in [-0.05, 0) is 19.5 Å². The summed E-state index contributed by atoms with van der Waals surface area (Å²) in [6, 6.07) is 0. The Morgan fingerprint density at radius 2 is 1.71 bits per heavy atom. The molecular formula is C11H25N3. The van der Waals surface area contributed by atoms with E-state index in [1.807, 2.05) is 0 Å². The van der Waals surface area contributed by atoms with Gasteiger partial charge in [0.15, 0.2) is 0 Å². The van der Waals surface area contributed by atoms with E-state index in [0.29, 0.717) is 6.17 Å². The van der Waals surface area contributed by atoms with E-state index >= 15 is 0 Å². The number of rotatable bonds is 5. The van der Waals surface area contributed by atoms with Gasteiger partial charge in [-0.1, -0.05) is 20.8 Å². The summed E-state index contributed by atoms with van der Waals surface area (Å²) in [6.07, 6.45) is 1.90. The van der Waals surface area contributed by atoms with Crippen molar-refractivity contribution >= 4 is 0 Å². The van der Waals surface area contributed by atoms with Crippen LogP contribution in [0.5, 0.6) is 0 Å². The lowest BCUT2D eigenvalue weighted by atomic mass is 10.2. The maximum Gasteiger partial charge on any atom is 0.0620 e. The van der Waals surface area contributed by atoms with Crippen LogP contribution in [0.4, 0.5) is 0 Å². The summed E-state index contributed by atoms with van der Waals surface area (Å²) < 4.78 is 0. The summed E-state index contributed by atoms with van der Waals surface area (Å²) in [5, 5.41) is 3.41. The zero-order valence-corrected chi connectivity index (χ0v) is 9.92. The highest BCUT2D eigenvalue weighted by Crippen LogP contribution is 2.10. The number of hydrogen-bond donors (Lipinski definition) is 1. The van der Waals surface area contributed by atoms with Crippen molar-refractivity contribution in [1.29, 1.82) is 0 Å². The third-order valence-corrected chi connectivity index (χ3v) is 3.17. The lowest BCUT2D eigenvalue weighted by molar-refractivity contribution is 0.0374. The van der Waals surface area contributed by atoms with E-state index in [0.717, 1.165) is 13.1 Å². The van der Waals surface area contributed by atoms with E-state index in [4.69, 9.17) is 0 Å². The maximum absolute atomic E-state index is 3.41. The Bertz CT molecular complexity index is 139. The number of nitrogens with one attached hydrogen (secondary N) is 1. The van der Waals surface area contributed by atoms with Gasteiger partial charge < -0.3 is 5.32 Å². The molecule has 0 amide bonds. The Hall–Kier alpha value is -0.120. The van der Waals surface area contributed by atoms with Gasteiger partial charge in [0, 0.05) is 26.2 Å². The van der Waals surface area contributed by atoms with Crippen molar-refractivity contribution in [1.82, 2.24) is 15.1 Å². The smallest absolute Gasteiger partial charge is 0.0620 e. The van der Waals surface area contributed by atoms with Crippen LogP contribution in [-0.4, -0.2) is 55.2 Å². The van der Waals surface area contributed by atoms with Crippen molar-refractivity contribution in [2.45, 2.75) is 33.4 Å². The van der Waals surface area contributed by atoms with Crippen molar-refractivity contribution in [3.05, 3.63) is 0 Å². The fraction of sp³-hybridized carbons (Fsp3) is 1.00. The molecule has 1 heterocycles. The van der Waals surface area contributed by atoms with E-state index in [1.165, 1.54) is 32.6 Å². The zero-order valence-electron chi connectivity index (χ0n) is 9.92. The Kier molecular flexibility index (Phi) is 5.45. The number of piperazine rings is 1. The summed E-state index contributed by atoms with van der Waals surface area (Å²) in [4.78, 5) is 5.18. The van der Waals surface area contributed by atoms with Crippen LogP contribution in [0, 0.1) is 0 Å². The molecule has 0 aromatic heterocycles. The first-order chi connectivity index (χ1) is 6.83. The highest BCUT2D eigenvalue weighted by Gasteiger charge is 2.22. The van der Waals surface area contributed by atoms with Crippen LogP contribution in [0.25, 0.3) is 0 Å². The van der Waals surface area contributed by atoms with Gasteiger partial charge in [-0.3, -0.25) is 9.80 Å². The quantitative estimate of drug-likeness (QED) is 0.712. The maximum atomic E-state index is 3.41. The van der Waals surface area contributed by atoms with Crippen molar-refractivity contribution in [2.24, 2.45) is 0 Å². The van der Waals surface area contributed by atoms with Gasteiger partial charge >= 0.3 is 0 Å². The minimum atomic E-state index is 0.659. The molecule has 0 radical (unpaired) electrons. The van der Waals surface area contributed by atoms with Crippen molar-refractivity contribution in [2.75, 3.05) is 39.3 Å². The fourth-order valence-corrected chi connectivity index (χ4v) is 2.37. The third-order valence-electron chi connectivity index (χ3n) is 3.17. The van der Waals surface area contributed by atoms with E-state index in [2.05, 4.69) is 35.9 Å². The largest absolute Gasteiger partial charge is 0.314 e. The third kappa shape index (κ3) is 2.94. The molecule has 0 spiro atoms. The van der Waals surface area contributed by atoms with Crippen LogP contribution >= 0.6 is 0 Å². The second kappa shape index (κ2) is 6.38. The van der Waals surface area contributed by atoms with Gasteiger partial charge in [0.2, 0.25) is 0 Å². The average molecular weight is 199 g/mol. The standard InChI is InChI=1S/C11H25N3/c1-4-11(13(5-2)6-3)14-9-7-12-8-10-14/h11-12H,4-10H2,1-3H3. The second-order valence-electron chi connectivity index (χ2n) is 3.90. The van der Waals surface area contributed by atoms with Crippen LogP contribution in [-0.2, 0) is 0 Å². The molecule has 1 rings (SSSR count). The molecule has 3 nitrogen and oxygen atoms in total. The van der Waals surface area contributed by atoms with Crippen LogP contribution in [0.15, 0.2) is 0 Å². The van der Waals surface area contributed by atoms with Crippen LogP contribution in [0.2, 0.25) is 0 Å². The van der Waals surface area contributed by atoms with E-state index in [9.17, 15) is 0 Å². The van der Waals surface area contributed by atoms with Gasteiger partial charge in [-0.15, -0.1) is 0 Å². The van der Waals surface area contributed by atoms with Gasteiger partial charge in [0.25, 0.3) is 0 Å². The molecule has 0 aromatic rings. The molecule has 1 N–H and O–H groups in total. The molecule has 0 aromatic carbocycles. The fourth-order valence-electron chi connectivity index (χ4n) is 2.37. The van der Waals surface area contributed by atoms with Crippen LogP contribution in [0.3, 0.4) is 0 Å². The molecule has 0 aliphatic carbocycles. The van der Waals surface area contributed by atoms with Gasteiger partial charge in [-0.25, -0.2) is 0 Å². The highest BCUT2D eigenvalue weighted by molar-refractivity contribution is 4.75. The molecular weight excluding hydrogens is 174 g/mol. The second-order valence-corrected chi connectivity index (χ2v) is 3.90. The molecule has 84 valence electrons. The van der Waals surface area contributed by atoms with Crippen molar-refractivity contribution < 1.29 is 0 Å². The monoisotopic (exact) mass is 199 g/mol. The van der Waals surface area contributed by atoms with Crippen LogP contribution in [0.1, 0.15) is 27.2 Å². The van der Waals surface area contributed by atoms with Crippen molar-refractivity contribution in [3.63, 3.8) is 0 Å². The molecule has 1 saturated heterocycles. The first-order valence-corrected chi connectivity index (χ1v) is 6.02. The van der Waals surface area contributed by atoms with Gasteiger partial charge in [0.05, 0.1) is 6.17 Å². The molecule has 0 saturated carbocycles. The topological polar surface area (TPSA) is 18.5 Å². The van der Waals surface area contributed by atoms with Crippen LogP contribution < -0.4 is 5.32 Å². The van der Waals surface area contributed by atoms with Gasteiger partial charge in [-0.2, -0.15) is 0 Å². The number of nitrogens with zero attached hydrogens (tertiary/aromatic N) is 2. The predicted molar refractivity (Wildman–Crippen MR) is 61.4 cm³/mol. The van der Waals surface area contributed by atoms with Crippen molar-refractivity contribution in [3.8, 4) is 0 Å².